The summed E-state index contributed by atoms with van der Waals surface area (Å²) in [5.74, 6) is 1.95. The van der Waals surface area contributed by atoms with Crippen molar-refractivity contribution >= 4 is 16.8 Å². The Hall–Kier alpha value is -1.97. The molecule has 1 aliphatic rings. The molecule has 0 saturated heterocycles. The minimum absolute atomic E-state index is 0.224. The molecule has 0 saturated carbocycles. The summed E-state index contributed by atoms with van der Waals surface area (Å²) in [6.45, 7) is 4.96. The van der Waals surface area contributed by atoms with E-state index >= 15 is 0 Å². The van der Waals surface area contributed by atoms with Gasteiger partial charge in [-0.15, -0.1) is 0 Å². The quantitative estimate of drug-likeness (QED) is 0.902. The van der Waals surface area contributed by atoms with Gasteiger partial charge in [-0.1, -0.05) is 6.92 Å². The van der Waals surface area contributed by atoms with E-state index in [4.69, 9.17) is 4.42 Å². The van der Waals surface area contributed by atoms with E-state index in [2.05, 4.69) is 16.8 Å². The highest BCUT2D eigenvalue weighted by molar-refractivity contribution is 6.00. The zero-order valence-electron chi connectivity index (χ0n) is 10.4. The lowest BCUT2D eigenvalue weighted by atomic mass is 10.2. The summed E-state index contributed by atoms with van der Waals surface area (Å²) in [4.78, 5) is 6.76. The molecule has 2 aromatic rings. The topological polar surface area (TPSA) is 49.0 Å². The average Bonchev–Trinajstić information content (AvgIpc) is 2.94. The number of furan rings is 1. The van der Waals surface area contributed by atoms with Crippen LogP contribution < -0.4 is 0 Å². The average molecular weight is 244 g/mol. The van der Waals surface area contributed by atoms with Crippen LogP contribution in [0.4, 0.5) is 0 Å². The monoisotopic (exact) mass is 244 g/mol. The molecule has 1 aliphatic heterocycles. The molecular weight excluding hydrogens is 228 g/mol. The Morgan fingerprint density at radius 2 is 2.28 bits per heavy atom. The predicted octanol–water partition coefficient (Wildman–Crippen LogP) is 2.61. The Kier molecular flexibility index (Phi) is 2.70. The molecule has 1 N–H and O–H groups in total. The van der Waals surface area contributed by atoms with E-state index in [0.29, 0.717) is 5.58 Å². The van der Waals surface area contributed by atoms with Crippen LogP contribution in [0.3, 0.4) is 0 Å². The number of hydrogen-bond acceptors (Lipinski definition) is 4. The lowest BCUT2D eigenvalue weighted by molar-refractivity contribution is 0.445. The van der Waals surface area contributed by atoms with Gasteiger partial charge in [0.25, 0.3) is 0 Å². The number of nitrogens with zero attached hydrogens (tertiary/aromatic N) is 2. The van der Waals surface area contributed by atoms with Gasteiger partial charge in [0.05, 0.1) is 6.54 Å². The van der Waals surface area contributed by atoms with Gasteiger partial charge < -0.3 is 14.4 Å². The summed E-state index contributed by atoms with van der Waals surface area (Å²) < 4.78 is 5.78. The van der Waals surface area contributed by atoms with Gasteiger partial charge in [0.1, 0.15) is 11.3 Å². The van der Waals surface area contributed by atoms with Crippen LogP contribution in [-0.4, -0.2) is 35.5 Å². The molecule has 0 fully saturated rings. The number of aliphatic imine (C=N–C) groups is 1. The molecule has 0 atom stereocenters. The second-order valence-corrected chi connectivity index (χ2v) is 4.53. The van der Waals surface area contributed by atoms with Gasteiger partial charge in [-0.05, 0) is 24.6 Å². The predicted molar refractivity (Wildman–Crippen MR) is 71.1 cm³/mol. The number of rotatable bonds is 3. The number of fused-ring (bicyclic) bond motifs is 1. The molecule has 18 heavy (non-hydrogen) atoms. The molecule has 2 heterocycles. The zero-order valence-corrected chi connectivity index (χ0v) is 10.4. The van der Waals surface area contributed by atoms with Gasteiger partial charge in [-0.25, -0.2) is 0 Å². The molecule has 0 bridgehead atoms. The molecule has 1 aromatic carbocycles. The summed E-state index contributed by atoms with van der Waals surface area (Å²) in [6, 6.07) is 7.15. The van der Waals surface area contributed by atoms with Crippen molar-refractivity contribution in [3.63, 3.8) is 0 Å². The number of amidine groups is 1. The van der Waals surface area contributed by atoms with Crippen LogP contribution in [0.25, 0.3) is 11.0 Å². The first-order valence-corrected chi connectivity index (χ1v) is 6.30. The van der Waals surface area contributed by atoms with Crippen molar-refractivity contribution < 1.29 is 9.52 Å². The Balaban J connectivity index is 1.99. The van der Waals surface area contributed by atoms with Crippen molar-refractivity contribution in [3.05, 3.63) is 30.0 Å². The molecule has 4 heteroatoms. The van der Waals surface area contributed by atoms with Gasteiger partial charge in [-0.2, -0.15) is 0 Å². The maximum absolute atomic E-state index is 9.44. The van der Waals surface area contributed by atoms with E-state index in [1.54, 1.807) is 12.1 Å². The SMILES string of the molecule is CCCN1CCN=C1c1cc2ccc(O)cc2o1. The normalized spacial score (nSPS) is 15.4. The second-order valence-electron chi connectivity index (χ2n) is 4.53. The maximum Gasteiger partial charge on any atom is 0.170 e. The Bertz CT molecular complexity index is 601. The third-order valence-corrected chi connectivity index (χ3v) is 3.15. The molecule has 4 nitrogen and oxygen atoms in total. The van der Waals surface area contributed by atoms with Crippen molar-refractivity contribution in [3.8, 4) is 5.75 Å². The molecule has 3 rings (SSSR count). The molecule has 0 unspecified atom stereocenters. The first-order valence-electron chi connectivity index (χ1n) is 6.30. The molecule has 1 aromatic heterocycles. The van der Waals surface area contributed by atoms with Crippen LogP contribution >= 0.6 is 0 Å². The van der Waals surface area contributed by atoms with Crippen molar-refractivity contribution in [2.45, 2.75) is 13.3 Å². The third kappa shape index (κ3) is 1.83. The van der Waals surface area contributed by atoms with Gasteiger partial charge in [0.2, 0.25) is 0 Å². The van der Waals surface area contributed by atoms with E-state index in [1.807, 2.05) is 12.1 Å². The molecule has 0 radical (unpaired) electrons. The van der Waals surface area contributed by atoms with Crippen molar-refractivity contribution in [1.82, 2.24) is 4.90 Å². The Labute approximate surface area is 106 Å². The van der Waals surface area contributed by atoms with Gasteiger partial charge in [0.15, 0.2) is 11.6 Å². The van der Waals surface area contributed by atoms with E-state index in [1.165, 1.54) is 0 Å². The largest absolute Gasteiger partial charge is 0.508 e. The number of aromatic hydroxyl groups is 1. The van der Waals surface area contributed by atoms with Crippen molar-refractivity contribution in [2.75, 3.05) is 19.6 Å². The van der Waals surface area contributed by atoms with Crippen LogP contribution in [0.2, 0.25) is 0 Å². The van der Waals surface area contributed by atoms with Crippen LogP contribution in [0.1, 0.15) is 19.1 Å². The fraction of sp³-hybridized carbons (Fsp3) is 0.357. The molecule has 94 valence electrons. The van der Waals surface area contributed by atoms with Gasteiger partial charge in [0, 0.05) is 24.5 Å². The summed E-state index contributed by atoms with van der Waals surface area (Å²) in [5, 5.41) is 10.4. The molecular formula is C14H16N2O2. The Morgan fingerprint density at radius 1 is 1.39 bits per heavy atom. The van der Waals surface area contributed by atoms with Gasteiger partial charge >= 0.3 is 0 Å². The summed E-state index contributed by atoms with van der Waals surface area (Å²) >= 11 is 0. The molecule has 0 spiro atoms. The summed E-state index contributed by atoms with van der Waals surface area (Å²) in [6.07, 6.45) is 1.10. The summed E-state index contributed by atoms with van der Waals surface area (Å²) in [7, 11) is 0. The number of phenols is 1. The third-order valence-electron chi connectivity index (χ3n) is 3.15. The first kappa shape index (κ1) is 11.1. The number of hydrogen-bond donors (Lipinski definition) is 1. The number of phenolic OH excluding ortho intramolecular Hbond substituents is 1. The fourth-order valence-electron chi connectivity index (χ4n) is 2.33. The van der Waals surface area contributed by atoms with E-state index in [-0.39, 0.29) is 5.75 Å². The van der Waals surface area contributed by atoms with Gasteiger partial charge in [-0.3, -0.25) is 4.99 Å². The van der Waals surface area contributed by atoms with Crippen molar-refractivity contribution in [2.24, 2.45) is 4.99 Å². The highest BCUT2D eigenvalue weighted by Crippen LogP contribution is 2.25. The Morgan fingerprint density at radius 3 is 3.11 bits per heavy atom. The molecule has 0 amide bonds. The van der Waals surface area contributed by atoms with Crippen LogP contribution in [0, 0.1) is 0 Å². The van der Waals surface area contributed by atoms with E-state index in [0.717, 1.165) is 43.0 Å². The minimum Gasteiger partial charge on any atom is -0.508 e. The van der Waals surface area contributed by atoms with E-state index in [9.17, 15) is 5.11 Å². The van der Waals surface area contributed by atoms with Crippen LogP contribution in [0.5, 0.6) is 5.75 Å². The maximum atomic E-state index is 9.44. The second kappa shape index (κ2) is 4.37. The first-order chi connectivity index (χ1) is 8.78. The zero-order chi connectivity index (χ0) is 12.5. The van der Waals surface area contributed by atoms with Crippen molar-refractivity contribution in [1.29, 1.82) is 0 Å². The smallest absolute Gasteiger partial charge is 0.170 e. The lowest BCUT2D eigenvalue weighted by Crippen LogP contribution is -2.28. The molecule has 0 aliphatic carbocycles. The number of benzene rings is 1. The highest BCUT2D eigenvalue weighted by atomic mass is 16.3. The lowest BCUT2D eigenvalue weighted by Gasteiger charge is -2.17. The van der Waals surface area contributed by atoms with E-state index < -0.39 is 0 Å². The van der Waals surface area contributed by atoms with Crippen LogP contribution in [0.15, 0.2) is 33.7 Å². The summed E-state index contributed by atoms with van der Waals surface area (Å²) in [5.41, 5.74) is 0.705. The highest BCUT2D eigenvalue weighted by Gasteiger charge is 2.21. The van der Waals surface area contributed by atoms with Crippen LogP contribution in [-0.2, 0) is 0 Å². The fourth-order valence-corrected chi connectivity index (χ4v) is 2.33. The minimum atomic E-state index is 0.224. The standard InChI is InChI=1S/C14H16N2O2/c1-2-6-16-7-5-15-14(16)13-8-10-3-4-11(17)9-12(10)18-13/h3-4,8-9,17H,2,5-7H2,1H3.